The van der Waals surface area contributed by atoms with Crippen molar-refractivity contribution in [2.45, 2.75) is 13.8 Å². The third-order valence-corrected chi connectivity index (χ3v) is 3.59. The third-order valence-electron chi connectivity index (χ3n) is 3.59. The highest BCUT2D eigenvalue weighted by Gasteiger charge is 2.19. The lowest BCUT2D eigenvalue weighted by molar-refractivity contribution is -0.114. The van der Waals surface area contributed by atoms with Crippen LogP contribution in [-0.4, -0.2) is 11.8 Å². The molecule has 2 N–H and O–H groups in total. The summed E-state index contributed by atoms with van der Waals surface area (Å²) >= 11 is 0. The predicted molar refractivity (Wildman–Crippen MR) is 89.6 cm³/mol. The number of halogens is 1. The molecule has 0 aliphatic carbocycles. The molecule has 0 radical (unpaired) electrons. The number of furan rings is 1. The van der Waals surface area contributed by atoms with Crippen LogP contribution >= 0.6 is 0 Å². The van der Waals surface area contributed by atoms with Crippen molar-refractivity contribution in [3.05, 3.63) is 59.6 Å². The maximum Gasteiger partial charge on any atom is 0.291 e. The average molecular weight is 326 g/mol. The number of hydrogen-bond donors (Lipinski definition) is 2. The minimum Gasteiger partial charge on any atom is -0.448 e. The normalized spacial score (nSPS) is 10.6. The van der Waals surface area contributed by atoms with Gasteiger partial charge in [-0.1, -0.05) is 12.1 Å². The lowest BCUT2D eigenvalue weighted by Crippen LogP contribution is -2.12. The fourth-order valence-corrected chi connectivity index (χ4v) is 2.45. The van der Waals surface area contributed by atoms with E-state index in [1.54, 1.807) is 43.3 Å². The Hall–Kier alpha value is -3.15. The molecular formula is C18H15FN2O3. The number of fused-ring (bicyclic) bond motifs is 1. The minimum absolute atomic E-state index is 0.0704. The highest BCUT2D eigenvalue weighted by Crippen LogP contribution is 2.28. The van der Waals surface area contributed by atoms with Crippen LogP contribution in [-0.2, 0) is 4.79 Å². The smallest absolute Gasteiger partial charge is 0.291 e. The maximum absolute atomic E-state index is 13.8. The van der Waals surface area contributed by atoms with Crippen LogP contribution in [0.4, 0.5) is 15.8 Å². The number of amides is 2. The molecule has 0 saturated carbocycles. The van der Waals surface area contributed by atoms with Gasteiger partial charge in [-0.3, -0.25) is 9.59 Å². The van der Waals surface area contributed by atoms with E-state index in [-0.39, 0.29) is 17.3 Å². The zero-order chi connectivity index (χ0) is 17.3. The van der Waals surface area contributed by atoms with Gasteiger partial charge in [0.05, 0.1) is 0 Å². The Labute approximate surface area is 137 Å². The monoisotopic (exact) mass is 326 g/mol. The van der Waals surface area contributed by atoms with E-state index in [0.717, 1.165) is 0 Å². The van der Waals surface area contributed by atoms with Crippen LogP contribution in [0.5, 0.6) is 0 Å². The van der Waals surface area contributed by atoms with Crippen molar-refractivity contribution in [1.29, 1.82) is 0 Å². The highest BCUT2D eigenvalue weighted by molar-refractivity contribution is 6.06. The first-order valence-corrected chi connectivity index (χ1v) is 7.32. The molecule has 122 valence electrons. The van der Waals surface area contributed by atoms with E-state index < -0.39 is 11.7 Å². The fraction of sp³-hybridized carbons (Fsp3) is 0.111. The number of rotatable bonds is 3. The van der Waals surface area contributed by atoms with Gasteiger partial charge in [0.15, 0.2) is 17.2 Å². The third kappa shape index (κ3) is 2.99. The van der Waals surface area contributed by atoms with Gasteiger partial charge < -0.3 is 15.1 Å². The standard InChI is InChI=1S/C18H15FN2O3/c1-10-14-4-3-5-15(19)17(14)24-16(10)18(23)21-13-8-6-12(7-9-13)20-11(2)22/h3-9H,1-2H3,(H,20,22)(H,21,23). The quantitative estimate of drug-likeness (QED) is 0.761. The van der Waals surface area contributed by atoms with E-state index in [9.17, 15) is 14.0 Å². The van der Waals surface area contributed by atoms with Crippen molar-refractivity contribution < 1.29 is 18.4 Å². The van der Waals surface area contributed by atoms with Crippen molar-refractivity contribution in [3.63, 3.8) is 0 Å². The van der Waals surface area contributed by atoms with Crippen LogP contribution in [0, 0.1) is 12.7 Å². The minimum atomic E-state index is -0.505. The molecule has 0 aliphatic heterocycles. The van der Waals surface area contributed by atoms with Gasteiger partial charge in [0, 0.05) is 29.2 Å². The molecule has 0 aliphatic rings. The molecule has 1 aromatic heterocycles. The summed E-state index contributed by atoms with van der Waals surface area (Å²) in [4.78, 5) is 23.4. The maximum atomic E-state index is 13.8. The SMILES string of the molecule is CC(=O)Nc1ccc(NC(=O)c2oc3c(F)cccc3c2C)cc1. The first-order valence-electron chi connectivity index (χ1n) is 7.32. The second kappa shape index (κ2) is 6.16. The highest BCUT2D eigenvalue weighted by atomic mass is 19.1. The molecule has 0 unspecified atom stereocenters. The number of anilines is 2. The molecule has 2 aromatic carbocycles. The van der Waals surface area contributed by atoms with Crippen molar-refractivity contribution in [2.75, 3.05) is 10.6 Å². The van der Waals surface area contributed by atoms with Gasteiger partial charge in [0.25, 0.3) is 5.91 Å². The lowest BCUT2D eigenvalue weighted by Gasteiger charge is -2.06. The van der Waals surface area contributed by atoms with Crippen LogP contribution in [0.25, 0.3) is 11.0 Å². The number of aryl methyl sites for hydroxylation is 1. The van der Waals surface area contributed by atoms with Crippen molar-refractivity contribution in [3.8, 4) is 0 Å². The van der Waals surface area contributed by atoms with Crippen molar-refractivity contribution in [1.82, 2.24) is 0 Å². The molecule has 0 atom stereocenters. The number of carbonyl (C=O) groups excluding carboxylic acids is 2. The molecule has 24 heavy (non-hydrogen) atoms. The molecule has 0 fully saturated rings. The van der Waals surface area contributed by atoms with Crippen LogP contribution in [0.3, 0.4) is 0 Å². The predicted octanol–water partition coefficient (Wildman–Crippen LogP) is 4.09. The van der Waals surface area contributed by atoms with E-state index in [1.165, 1.54) is 13.0 Å². The topological polar surface area (TPSA) is 71.3 Å². The summed E-state index contributed by atoms with van der Waals surface area (Å²) in [6.45, 7) is 3.12. The summed E-state index contributed by atoms with van der Waals surface area (Å²) < 4.78 is 19.2. The van der Waals surface area contributed by atoms with Crippen molar-refractivity contribution in [2.24, 2.45) is 0 Å². The molecule has 1 heterocycles. The summed E-state index contributed by atoms with van der Waals surface area (Å²) in [6, 6.07) is 11.2. The first-order chi connectivity index (χ1) is 11.5. The molecule has 3 rings (SSSR count). The Kier molecular flexibility index (Phi) is 4.04. The number of nitrogens with one attached hydrogen (secondary N) is 2. The molecule has 5 nitrogen and oxygen atoms in total. The fourth-order valence-electron chi connectivity index (χ4n) is 2.45. The summed E-state index contributed by atoms with van der Waals surface area (Å²) in [5.74, 6) is -1.07. The van der Waals surface area contributed by atoms with Crippen molar-refractivity contribution >= 4 is 34.2 Å². The number of para-hydroxylation sites is 1. The molecule has 2 amide bonds. The van der Waals surface area contributed by atoms with Gasteiger partial charge in [-0.25, -0.2) is 4.39 Å². The van der Waals surface area contributed by atoms with Crippen LogP contribution in [0.2, 0.25) is 0 Å². The van der Waals surface area contributed by atoms with E-state index in [0.29, 0.717) is 22.3 Å². The second-order valence-corrected chi connectivity index (χ2v) is 5.39. The van der Waals surface area contributed by atoms with E-state index >= 15 is 0 Å². The molecule has 0 bridgehead atoms. The van der Waals surface area contributed by atoms with Gasteiger partial charge in [-0.05, 0) is 37.3 Å². The Morgan fingerprint density at radius 3 is 2.21 bits per heavy atom. The van der Waals surface area contributed by atoms with Gasteiger partial charge in [-0.2, -0.15) is 0 Å². The number of hydrogen-bond acceptors (Lipinski definition) is 3. The Morgan fingerprint density at radius 1 is 1.00 bits per heavy atom. The molecule has 0 spiro atoms. The Balaban J connectivity index is 1.84. The zero-order valence-corrected chi connectivity index (χ0v) is 13.1. The summed E-state index contributed by atoms with van der Waals surface area (Å²) in [6.07, 6.45) is 0. The van der Waals surface area contributed by atoms with Crippen LogP contribution in [0.1, 0.15) is 23.0 Å². The molecule has 6 heteroatoms. The van der Waals surface area contributed by atoms with Gasteiger partial charge in [0.1, 0.15) is 0 Å². The summed E-state index contributed by atoms with van der Waals surface area (Å²) in [7, 11) is 0. The largest absolute Gasteiger partial charge is 0.448 e. The van der Waals surface area contributed by atoms with Gasteiger partial charge in [-0.15, -0.1) is 0 Å². The van der Waals surface area contributed by atoms with Gasteiger partial charge in [0.2, 0.25) is 5.91 Å². The summed E-state index contributed by atoms with van der Waals surface area (Å²) in [5.41, 5.74) is 1.81. The van der Waals surface area contributed by atoms with E-state index in [2.05, 4.69) is 10.6 Å². The number of carbonyl (C=O) groups is 2. The Bertz CT molecular complexity index is 929. The molecular weight excluding hydrogens is 311 g/mol. The van der Waals surface area contributed by atoms with Crippen LogP contribution in [0.15, 0.2) is 46.9 Å². The number of benzene rings is 2. The molecule has 3 aromatic rings. The van der Waals surface area contributed by atoms with E-state index in [1.807, 2.05) is 0 Å². The van der Waals surface area contributed by atoms with E-state index in [4.69, 9.17) is 4.42 Å². The second-order valence-electron chi connectivity index (χ2n) is 5.39. The van der Waals surface area contributed by atoms with Gasteiger partial charge >= 0.3 is 0 Å². The van der Waals surface area contributed by atoms with Crippen LogP contribution < -0.4 is 10.6 Å². The first kappa shape index (κ1) is 15.7. The molecule has 0 saturated heterocycles. The average Bonchev–Trinajstić information content (AvgIpc) is 2.88. The lowest BCUT2D eigenvalue weighted by atomic mass is 10.1. The summed E-state index contributed by atoms with van der Waals surface area (Å²) in [5, 5.41) is 5.90. The zero-order valence-electron chi connectivity index (χ0n) is 13.1. The Morgan fingerprint density at radius 2 is 1.62 bits per heavy atom.